The average molecular weight is 409 g/mol. The Morgan fingerprint density at radius 1 is 0.900 bits per heavy atom. The Bertz CT molecular complexity index is 1120. The van der Waals surface area contributed by atoms with Gasteiger partial charge in [0.15, 0.2) is 0 Å². The van der Waals surface area contributed by atoms with Gasteiger partial charge in [0.1, 0.15) is 0 Å². The number of nitrogens with zero attached hydrogens (tertiary/aromatic N) is 7. The van der Waals surface area contributed by atoms with Crippen LogP contribution in [0.4, 0.5) is 0 Å². The molecule has 30 heavy (non-hydrogen) atoms. The number of rotatable bonds is 8. The van der Waals surface area contributed by atoms with Crippen LogP contribution in [0.15, 0.2) is 43.2 Å². The summed E-state index contributed by atoms with van der Waals surface area (Å²) in [4.78, 5) is 4.88. The van der Waals surface area contributed by atoms with Crippen LogP contribution in [0.3, 0.4) is 0 Å². The van der Waals surface area contributed by atoms with Gasteiger partial charge < -0.3 is 10.2 Å². The number of hydrogen-bond donors (Lipinski definition) is 2. The maximum atomic E-state index is 9.41. The molecule has 4 heterocycles. The second-order valence-electron chi connectivity index (χ2n) is 8.05. The van der Waals surface area contributed by atoms with Crippen molar-refractivity contribution in [2.75, 3.05) is 13.2 Å². The number of hydrogen-bond acceptors (Lipinski definition) is 6. The van der Waals surface area contributed by atoms with Crippen LogP contribution in [-0.4, -0.2) is 57.6 Å². The van der Waals surface area contributed by atoms with Gasteiger partial charge in [-0.3, -0.25) is 9.36 Å². The highest BCUT2D eigenvalue weighted by Gasteiger charge is 2.17. The summed E-state index contributed by atoms with van der Waals surface area (Å²) in [7, 11) is 0. The molecule has 0 aliphatic rings. The fourth-order valence-corrected chi connectivity index (χ4v) is 3.67. The molecule has 1 atom stereocenters. The van der Waals surface area contributed by atoms with E-state index in [1.54, 1.807) is 27.8 Å². The monoisotopic (exact) mass is 409 g/mol. The second kappa shape index (κ2) is 8.37. The third kappa shape index (κ3) is 3.86. The summed E-state index contributed by atoms with van der Waals surface area (Å²) in [6.45, 7) is 6.20. The van der Waals surface area contributed by atoms with Crippen molar-refractivity contribution >= 4 is 5.52 Å². The van der Waals surface area contributed by atoms with E-state index in [2.05, 4.69) is 36.1 Å². The molecule has 2 N–H and O–H groups in total. The zero-order chi connectivity index (χ0) is 21.3. The van der Waals surface area contributed by atoms with E-state index in [1.807, 2.05) is 29.3 Å². The van der Waals surface area contributed by atoms with E-state index < -0.39 is 6.04 Å². The maximum absolute atomic E-state index is 9.41. The Balaban J connectivity index is 1.73. The molecule has 9 heteroatoms. The molecule has 158 valence electrons. The lowest BCUT2D eigenvalue weighted by Crippen LogP contribution is -2.17. The van der Waals surface area contributed by atoms with Crippen LogP contribution in [0.25, 0.3) is 28.0 Å². The first-order valence-electron chi connectivity index (χ1n) is 10.1. The Labute approximate surface area is 174 Å². The van der Waals surface area contributed by atoms with E-state index in [-0.39, 0.29) is 13.2 Å². The van der Waals surface area contributed by atoms with Crippen molar-refractivity contribution in [3.8, 4) is 22.5 Å². The van der Waals surface area contributed by atoms with Crippen LogP contribution >= 0.6 is 0 Å². The topological polar surface area (TPSA) is 106 Å². The molecule has 0 aromatic carbocycles. The first-order valence-corrected chi connectivity index (χ1v) is 10.1. The molecule has 0 fully saturated rings. The van der Waals surface area contributed by atoms with E-state index in [0.29, 0.717) is 17.7 Å². The standard InChI is InChI=1S/C21H27N7O2/c1-14(2)6-15(3)26-10-17(8-23-26)21-20-4-5-22-28(20)11-19(25-21)16-7-24-27(9-16)18(12-29)13-30/h4-5,7-11,14-15,18,29-30H,6,12-13H2,1-3H3. The number of aliphatic hydroxyl groups is 2. The number of aliphatic hydroxyl groups excluding tert-OH is 2. The Morgan fingerprint density at radius 2 is 1.60 bits per heavy atom. The quantitative estimate of drug-likeness (QED) is 0.463. The van der Waals surface area contributed by atoms with Gasteiger partial charge in [-0.25, -0.2) is 9.50 Å². The molecule has 0 radical (unpaired) electrons. The summed E-state index contributed by atoms with van der Waals surface area (Å²) >= 11 is 0. The summed E-state index contributed by atoms with van der Waals surface area (Å²) in [5.41, 5.74) is 4.09. The smallest absolute Gasteiger partial charge is 0.0999 e. The number of aromatic nitrogens is 7. The zero-order valence-electron chi connectivity index (χ0n) is 17.4. The highest BCUT2D eigenvalue weighted by molar-refractivity contribution is 5.78. The van der Waals surface area contributed by atoms with Gasteiger partial charge in [0.2, 0.25) is 0 Å². The van der Waals surface area contributed by atoms with E-state index in [1.165, 1.54) is 0 Å². The molecule has 0 saturated heterocycles. The lowest BCUT2D eigenvalue weighted by molar-refractivity contribution is 0.146. The first kappa shape index (κ1) is 20.2. The highest BCUT2D eigenvalue weighted by Crippen LogP contribution is 2.28. The maximum Gasteiger partial charge on any atom is 0.0999 e. The molecule has 0 spiro atoms. The molecular formula is C21H27N7O2. The van der Waals surface area contributed by atoms with Gasteiger partial charge in [-0.05, 0) is 25.3 Å². The molecule has 1 unspecified atom stereocenters. The predicted molar refractivity (Wildman–Crippen MR) is 113 cm³/mol. The van der Waals surface area contributed by atoms with Gasteiger partial charge in [0.05, 0.1) is 60.9 Å². The van der Waals surface area contributed by atoms with Crippen LogP contribution in [0.1, 0.15) is 39.3 Å². The molecule has 9 nitrogen and oxygen atoms in total. The summed E-state index contributed by atoms with van der Waals surface area (Å²) in [6.07, 6.45) is 12.0. The van der Waals surface area contributed by atoms with E-state index >= 15 is 0 Å². The lowest BCUT2D eigenvalue weighted by atomic mass is 10.1. The molecule has 0 aliphatic heterocycles. The van der Waals surface area contributed by atoms with Gasteiger partial charge in [-0.15, -0.1) is 0 Å². The molecule has 4 aromatic heterocycles. The Hall–Kier alpha value is -3.04. The van der Waals surface area contributed by atoms with Crippen molar-refractivity contribution in [2.24, 2.45) is 5.92 Å². The fourth-order valence-electron chi connectivity index (χ4n) is 3.67. The summed E-state index contributed by atoms with van der Waals surface area (Å²) in [5, 5.41) is 32.0. The van der Waals surface area contributed by atoms with Gasteiger partial charge in [0, 0.05) is 29.6 Å². The Kier molecular flexibility index (Phi) is 5.65. The molecule has 4 rings (SSSR count). The number of fused-ring (bicyclic) bond motifs is 1. The van der Waals surface area contributed by atoms with Gasteiger partial charge in [-0.1, -0.05) is 13.8 Å². The first-order chi connectivity index (χ1) is 14.5. The van der Waals surface area contributed by atoms with Gasteiger partial charge >= 0.3 is 0 Å². The van der Waals surface area contributed by atoms with Crippen LogP contribution in [0.5, 0.6) is 0 Å². The van der Waals surface area contributed by atoms with Crippen molar-refractivity contribution in [2.45, 2.75) is 39.3 Å². The largest absolute Gasteiger partial charge is 0.394 e. The molecule has 0 aliphatic carbocycles. The van der Waals surface area contributed by atoms with Crippen molar-refractivity contribution in [1.29, 1.82) is 0 Å². The van der Waals surface area contributed by atoms with Crippen molar-refractivity contribution in [1.82, 2.24) is 34.2 Å². The average Bonchev–Trinajstić information content (AvgIpc) is 3.47. The summed E-state index contributed by atoms with van der Waals surface area (Å²) in [5.74, 6) is 0.592. The van der Waals surface area contributed by atoms with Crippen LogP contribution in [-0.2, 0) is 0 Å². The third-order valence-electron chi connectivity index (χ3n) is 5.22. The normalized spacial score (nSPS) is 13.0. The Morgan fingerprint density at radius 3 is 2.33 bits per heavy atom. The zero-order valence-corrected chi connectivity index (χ0v) is 17.4. The minimum Gasteiger partial charge on any atom is -0.394 e. The van der Waals surface area contributed by atoms with E-state index in [0.717, 1.165) is 28.8 Å². The SMILES string of the molecule is CC(C)CC(C)n1cc(-c2nc(-c3cnn(C(CO)CO)c3)cn3nccc23)cn1. The van der Waals surface area contributed by atoms with Crippen molar-refractivity contribution < 1.29 is 10.2 Å². The third-order valence-corrected chi connectivity index (χ3v) is 5.22. The minimum absolute atomic E-state index is 0.192. The van der Waals surface area contributed by atoms with Crippen LogP contribution < -0.4 is 0 Å². The molecule has 0 saturated carbocycles. The summed E-state index contributed by atoms with van der Waals surface area (Å²) in [6, 6.07) is 1.75. The van der Waals surface area contributed by atoms with Gasteiger partial charge in [0.25, 0.3) is 0 Å². The van der Waals surface area contributed by atoms with E-state index in [9.17, 15) is 10.2 Å². The lowest BCUT2D eigenvalue weighted by Gasteiger charge is -2.14. The van der Waals surface area contributed by atoms with Crippen molar-refractivity contribution in [3.05, 3.63) is 43.2 Å². The molecule has 0 bridgehead atoms. The molecule has 0 amide bonds. The highest BCUT2D eigenvalue weighted by atomic mass is 16.3. The van der Waals surface area contributed by atoms with Crippen LogP contribution in [0, 0.1) is 5.92 Å². The van der Waals surface area contributed by atoms with E-state index in [4.69, 9.17) is 4.98 Å². The summed E-state index contributed by atoms with van der Waals surface area (Å²) < 4.78 is 5.33. The fraction of sp³-hybridized carbons (Fsp3) is 0.429. The molecular weight excluding hydrogens is 382 g/mol. The minimum atomic E-state index is -0.479. The van der Waals surface area contributed by atoms with Crippen molar-refractivity contribution in [3.63, 3.8) is 0 Å². The molecule has 4 aromatic rings. The van der Waals surface area contributed by atoms with Crippen LogP contribution in [0.2, 0.25) is 0 Å². The predicted octanol–water partition coefficient (Wildman–Crippen LogP) is 2.59. The van der Waals surface area contributed by atoms with Gasteiger partial charge in [-0.2, -0.15) is 15.3 Å². The second-order valence-corrected chi connectivity index (χ2v) is 8.05.